The van der Waals surface area contributed by atoms with Gasteiger partial charge < -0.3 is 9.47 Å². The molecule has 0 aliphatic carbocycles. The van der Waals surface area contributed by atoms with Gasteiger partial charge >= 0.3 is 0 Å². The van der Waals surface area contributed by atoms with Crippen LogP contribution in [-0.4, -0.2) is 21.5 Å². The number of nitrogens with zero attached hydrogens (tertiary/aromatic N) is 3. The zero-order valence-electron chi connectivity index (χ0n) is 11.4. The zero-order chi connectivity index (χ0) is 15.1. The Kier molecular flexibility index (Phi) is 2.72. The fourth-order valence-corrected chi connectivity index (χ4v) is 2.51. The maximum absolute atomic E-state index is 10.9. The molecule has 0 saturated carbocycles. The molecule has 2 heterocycles. The van der Waals surface area contributed by atoms with Gasteiger partial charge in [0.15, 0.2) is 11.5 Å². The van der Waals surface area contributed by atoms with Crippen molar-refractivity contribution in [2.45, 2.75) is 6.54 Å². The summed E-state index contributed by atoms with van der Waals surface area (Å²) >= 11 is 0. The Labute approximate surface area is 124 Å². The average molecular weight is 297 g/mol. The first kappa shape index (κ1) is 12.6. The second-order valence-electron chi connectivity index (χ2n) is 4.99. The van der Waals surface area contributed by atoms with Crippen molar-refractivity contribution in [2.75, 3.05) is 6.79 Å². The van der Waals surface area contributed by atoms with Crippen LogP contribution in [0.1, 0.15) is 5.56 Å². The van der Waals surface area contributed by atoms with Gasteiger partial charge in [0.1, 0.15) is 0 Å². The Morgan fingerprint density at radius 1 is 1.18 bits per heavy atom. The summed E-state index contributed by atoms with van der Waals surface area (Å²) < 4.78 is 12.4. The lowest BCUT2D eigenvalue weighted by atomic mass is 10.2. The molecule has 0 saturated heterocycles. The van der Waals surface area contributed by atoms with E-state index in [9.17, 15) is 10.1 Å². The summed E-state index contributed by atoms with van der Waals surface area (Å²) in [5.74, 6) is 1.43. The highest BCUT2D eigenvalue weighted by Gasteiger charge is 2.14. The van der Waals surface area contributed by atoms with Crippen LogP contribution in [0.2, 0.25) is 0 Å². The number of rotatable bonds is 3. The molecule has 1 aromatic heterocycles. The summed E-state index contributed by atoms with van der Waals surface area (Å²) in [5.41, 5.74) is 1.77. The lowest BCUT2D eigenvalue weighted by Crippen LogP contribution is -2.01. The molecule has 4 rings (SSSR count). The predicted octanol–water partition coefficient (Wildman–Crippen LogP) is 2.72. The number of nitro groups is 1. The minimum atomic E-state index is -0.405. The van der Waals surface area contributed by atoms with Crippen molar-refractivity contribution in [3.8, 4) is 11.5 Å². The van der Waals surface area contributed by atoms with Gasteiger partial charge in [-0.25, -0.2) is 0 Å². The van der Waals surface area contributed by atoms with E-state index in [1.807, 2.05) is 18.2 Å². The molecule has 1 aliphatic heterocycles. The summed E-state index contributed by atoms with van der Waals surface area (Å²) in [7, 11) is 0. The minimum absolute atomic E-state index is 0.0555. The summed E-state index contributed by atoms with van der Waals surface area (Å²) in [5, 5.41) is 16.1. The van der Waals surface area contributed by atoms with Crippen molar-refractivity contribution >= 4 is 16.6 Å². The fourth-order valence-electron chi connectivity index (χ4n) is 2.51. The van der Waals surface area contributed by atoms with Crippen LogP contribution in [0.5, 0.6) is 11.5 Å². The Hall–Kier alpha value is -3.09. The molecule has 0 radical (unpaired) electrons. The molecule has 0 bridgehead atoms. The summed E-state index contributed by atoms with van der Waals surface area (Å²) in [4.78, 5) is 10.5. The number of hydrogen-bond donors (Lipinski definition) is 0. The minimum Gasteiger partial charge on any atom is -0.454 e. The molecule has 22 heavy (non-hydrogen) atoms. The predicted molar refractivity (Wildman–Crippen MR) is 78.1 cm³/mol. The van der Waals surface area contributed by atoms with Crippen LogP contribution >= 0.6 is 0 Å². The van der Waals surface area contributed by atoms with Gasteiger partial charge in [-0.15, -0.1) is 0 Å². The van der Waals surface area contributed by atoms with Gasteiger partial charge in [-0.05, 0) is 23.8 Å². The van der Waals surface area contributed by atoms with Crippen molar-refractivity contribution in [1.29, 1.82) is 0 Å². The average Bonchev–Trinajstić information content (AvgIpc) is 3.13. The fraction of sp³-hybridized carbons (Fsp3) is 0.133. The van der Waals surface area contributed by atoms with E-state index in [0.29, 0.717) is 12.3 Å². The molecule has 110 valence electrons. The maximum atomic E-state index is 10.9. The van der Waals surface area contributed by atoms with Crippen LogP contribution in [0.25, 0.3) is 10.9 Å². The molecule has 0 N–H and O–H groups in total. The third-order valence-corrected chi connectivity index (χ3v) is 3.61. The Bertz CT molecular complexity index is 888. The SMILES string of the molecule is O=[N+]([O-])c1ccc2cnn(Cc3ccc4c(c3)OCO4)c2c1. The number of benzene rings is 2. The number of nitro benzene ring substituents is 1. The summed E-state index contributed by atoms with van der Waals surface area (Å²) in [6, 6.07) is 10.4. The normalized spacial score (nSPS) is 12.7. The van der Waals surface area contributed by atoms with Gasteiger partial charge in [0.2, 0.25) is 6.79 Å². The van der Waals surface area contributed by atoms with E-state index in [2.05, 4.69) is 5.10 Å². The van der Waals surface area contributed by atoms with E-state index >= 15 is 0 Å². The van der Waals surface area contributed by atoms with Crippen LogP contribution < -0.4 is 9.47 Å². The number of hydrogen-bond acceptors (Lipinski definition) is 5. The number of ether oxygens (including phenoxy) is 2. The van der Waals surface area contributed by atoms with E-state index in [4.69, 9.17) is 9.47 Å². The smallest absolute Gasteiger partial charge is 0.271 e. The molecule has 0 atom stereocenters. The first-order chi connectivity index (χ1) is 10.7. The molecular formula is C15H11N3O4. The Morgan fingerprint density at radius 2 is 2.05 bits per heavy atom. The summed E-state index contributed by atoms with van der Waals surface area (Å²) in [6.45, 7) is 0.733. The maximum Gasteiger partial charge on any atom is 0.271 e. The summed E-state index contributed by atoms with van der Waals surface area (Å²) in [6.07, 6.45) is 1.70. The van der Waals surface area contributed by atoms with Crippen molar-refractivity contribution in [3.05, 3.63) is 58.3 Å². The standard InChI is InChI=1S/C15H11N3O4/c19-18(20)12-3-2-11-7-16-17(13(11)6-12)8-10-1-4-14-15(5-10)22-9-21-14/h1-7H,8-9H2. The molecule has 3 aromatic rings. The van der Waals surface area contributed by atoms with Crippen LogP contribution in [0.4, 0.5) is 5.69 Å². The van der Waals surface area contributed by atoms with Gasteiger partial charge in [0.25, 0.3) is 5.69 Å². The number of aromatic nitrogens is 2. The molecule has 0 spiro atoms. The quantitative estimate of drug-likeness (QED) is 0.548. The van der Waals surface area contributed by atoms with Crippen LogP contribution in [0.3, 0.4) is 0 Å². The third kappa shape index (κ3) is 2.03. The van der Waals surface area contributed by atoms with Crippen LogP contribution in [0, 0.1) is 10.1 Å². The molecule has 0 amide bonds. The van der Waals surface area contributed by atoms with E-state index in [-0.39, 0.29) is 12.5 Å². The number of fused-ring (bicyclic) bond motifs is 2. The molecule has 7 heteroatoms. The van der Waals surface area contributed by atoms with Gasteiger partial charge in [-0.1, -0.05) is 6.07 Å². The molecule has 0 fully saturated rings. The first-order valence-corrected chi connectivity index (χ1v) is 6.69. The second-order valence-corrected chi connectivity index (χ2v) is 4.99. The van der Waals surface area contributed by atoms with E-state index in [1.54, 1.807) is 16.9 Å². The van der Waals surface area contributed by atoms with Gasteiger partial charge in [-0.2, -0.15) is 5.10 Å². The van der Waals surface area contributed by atoms with Crippen molar-refractivity contribution in [3.63, 3.8) is 0 Å². The third-order valence-electron chi connectivity index (χ3n) is 3.61. The second kappa shape index (κ2) is 4.73. The molecule has 0 unspecified atom stereocenters. The highest BCUT2D eigenvalue weighted by Crippen LogP contribution is 2.33. The van der Waals surface area contributed by atoms with Gasteiger partial charge in [-0.3, -0.25) is 14.8 Å². The van der Waals surface area contributed by atoms with Crippen molar-refractivity contribution in [2.24, 2.45) is 0 Å². The molecule has 7 nitrogen and oxygen atoms in total. The molecular weight excluding hydrogens is 286 g/mol. The van der Waals surface area contributed by atoms with Crippen molar-refractivity contribution < 1.29 is 14.4 Å². The Balaban J connectivity index is 1.72. The zero-order valence-corrected chi connectivity index (χ0v) is 11.4. The number of non-ortho nitro benzene ring substituents is 1. The van der Waals surface area contributed by atoms with E-state index in [0.717, 1.165) is 22.2 Å². The molecule has 1 aliphatic rings. The largest absolute Gasteiger partial charge is 0.454 e. The lowest BCUT2D eigenvalue weighted by Gasteiger charge is -2.05. The van der Waals surface area contributed by atoms with Gasteiger partial charge in [0, 0.05) is 17.5 Å². The Morgan fingerprint density at radius 3 is 2.91 bits per heavy atom. The lowest BCUT2D eigenvalue weighted by molar-refractivity contribution is -0.384. The van der Waals surface area contributed by atoms with Crippen molar-refractivity contribution in [1.82, 2.24) is 9.78 Å². The highest BCUT2D eigenvalue weighted by molar-refractivity contribution is 5.81. The first-order valence-electron chi connectivity index (χ1n) is 6.69. The van der Waals surface area contributed by atoms with Crippen LogP contribution in [0.15, 0.2) is 42.6 Å². The topological polar surface area (TPSA) is 79.4 Å². The van der Waals surface area contributed by atoms with E-state index < -0.39 is 4.92 Å². The highest BCUT2D eigenvalue weighted by atomic mass is 16.7. The van der Waals surface area contributed by atoms with Crippen LogP contribution in [-0.2, 0) is 6.54 Å². The van der Waals surface area contributed by atoms with Gasteiger partial charge in [0.05, 0.1) is 23.2 Å². The molecule has 2 aromatic carbocycles. The monoisotopic (exact) mass is 297 g/mol. The van der Waals surface area contributed by atoms with E-state index in [1.165, 1.54) is 12.1 Å².